The third kappa shape index (κ3) is 3.09. The van der Waals surface area contributed by atoms with Crippen molar-refractivity contribution in [1.29, 1.82) is 0 Å². The SMILES string of the molecule is CCCNc1c(F)cccc1C(=O)Nc1cnoc1. The number of nitrogens with one attached hydrogen (secondary N) is 2. The van der Waals surface area contributed by atoms with Crippen LogP contribution in [-0.4, -0.2) is 17.6 Å². The van der Waals surface area contributed by atoms with Crippen molar-refractivity contribution in [3.63, 3.8) is 0 Å². The van der Waals surface area contributed by atoms with Crippen LogP contribution in [0, 0.1) is 5.82 Å². The van der Waals surface area contributed by atoms with Crippen molar-refractivity contribution in [1.82, 2.24) is 5.16 Å². The van der Waals surface area contributed by atoms with Gasteiger partial charge in [0.2, 0.25) is 0 Å². The van der Waals surface area contributed by atoms with Gasteiger partial charge in [0, 0.05) is 6.54 Å². The Morgan fingerprint density at radius 3 is 3.00 bits per heavy atom. The average Bonchev–Trinajstić information content (AvgIpc) is 2.90. The van der Waals surface area contributed by atoms with Crippen molar-refractivity contribution in [3.05, 3.63) is 42.0 Å². The number of carbonyl (C=O) groups is 1. The van der Waals surface area contributed by atoms with Crippen LogP contribution < -0.4 is 10.6 Å². The Hall–Kier alpha value is -2.37. The second kappa shape index (κ2) is 5.99. The summed E-state index contributed by atoms with van der Waals surface area (Å²) in [6.07, 6.45) is 3.51. The summed E-state index contributed by atoms with van der Waals surface area (Å²) >= 11 is 0. The molecule has 5 nitrogen and oxygen atoms in total. The molecule has 0 aliphatic rings. The minimum atomic E-state index is -0.452. The van der Waals surface area contributed by atoms with Crippen LogP contribution in [0.1, 0.15) is 23.7 Å². The number of hydrogen-bond acceptors (Lipinski definition) is 4. The number of benzene rings is 1. The molecule has 0 aliphatic heterocycles. The number of para-hydroxylation sites is 1. The molecule has 100 valence electrons. The van der Waals surface area contributed by atoms with Crippen molar-refractivity contribution >= 4 is 17.3 Å². The van der Waals surface area contributed by atoms with E-state index in [1.807, 2.05) is 6.92 Å². The molecule has 0 saturated carbocycles. The van der Waals surface area contributed by atoms with Gasteiger partial charge in [-0.1, -0.05) is 18.1 Å². The van der Waals surface area contributed by atoms with E-state index in [4.69, 9.17) is 0 Å². The molecule has 0 unspecified atom stereocenters. The van der Waals surface area contributed by atoms with E-state index in [1.54, 1.807) is 6.07 Å². The van der Waals surface area contributed by atoms with Crippen LogP contribution in [0.25, 0.3) is 0 Å². The van der Waals surface area contributed by atoms with Crippen LogP contribution >= 0.6 is 0 Å². The summed E-state index contributed by atoms with van der Waals surface area (Å²) in [6, 6.07) is 4.37. The van der Waals surface area contributed by atoms with Gasteiger partial charge >= 0.3 is 0 Å². The van der Waals surface area contributed by atoms with Crippen molar-refractivity contribution in [2.75, 3.05) is 17.2 Å². The molecule has 0 atom stereocenters. The lowest BCUT2D eigenvalue weighted by Crippen LogP contribution is -2.15. The number of aromatic nitrogens is 1. The molecule has 1 aromatic carbocycles. The first kappa shape index (κ1) is 13.1. The number of halogens is 1. The van der Waals surface area contributed by atoms with Gasteiger partial charge in [0.1, 0.15) is 17.8 Å². The van der Waals surface area contributed by atoms with E-state index in [0.29, 0.717) is 12.2 Å². The van der Waals surface area contributed by atoms with Gasteiger partial charge in [-0.25, -0.2) is 4.39 Å². The summed E-state index contributed by atoms with van der Waals surface area (Å²) in [7, 11) is 0. The van der Waals surface area contributed by atoms with Crippen molar-refractivity contribution in [3.8, 4) is 0 Å². The molecule has 19 heavy (non-hydrogen) atoms. The lowest BCUT2D eigenvalue weighted by molar-refractivity contribution is 0.102. The Balaban J connectivity index is 2.22. The molecule has 1 amide bonds. The monoisotopic (exact) mass is 263 g/mol. The molecule has 2 N–H and O–H groups in total. The first-order chi connectivity index (χ1) is 9.22. The molecule has 0 radical (unpaired) electrons. The topological polar surface area (TPSA) is 67.2 Å². The van der Waals surface area contributed by atoms with Gasteiger partial charge < -0.3 is 15.2 Å². The average molecular weight is 263 g/mol. The van der Waals surface area contributed by atoms with Crippen LogP contribution in [0.3, 0.4) is 0 Å². The van der Waals surface area contributed by atoms with Crippen molar-refractivity contribution in [2.45, 2.75) is 13.3 Å². The Morgan fingerprint density at radius 2 is 2.32 bits per heavy atom. The third-order valence-corrected chi connectivity index (χ3v) is 2.50. The fraction of sp³-hybridized carbons (Fsp3) is 0.231. The maximum Gasteiger partial charge on any atom is 0.257 e. The minimum absolute atomic E-state index is 0.207. The van der Waals surface area contributed by atoms with E-state index < -0.39 is 11.7 Å². The summed E-state index contributed by atoms with van der Waals surface area (Å²) in [4.78, 5) is 12.1. The van der Waals surface area contributed by atoms with Crippen LogP contribution in [-0.2, 0) is 0 Å². The zero-order chi connectivity index (χ0) is 13.7. The molecule has 0 aliphatic carbocycles. The van der Waals surface area contributed by atoms with Crippen LogP contribution in [0.15, 0.2) is 35.2 Å². The highest BCUT2D eigenvalue weighted by atomic mass is 19.1. The molecule has 0 bridgehead atoms. The zero-order valence-electron chi connectivity index (χ0n) is 10.4. The van der Waals surface area contributed by atoms with Crippen LogP contribution in [0.5, 0.6) is 0 Å². The van der Waals surface area contributed by atoms with E-state index in [1.165, 1.54) is 24.6 Å². The standard InChI is InChI=1S/C13H14FN3O2/c1-2-6-15-12-10(4-3-5-11(12)14)13(18)17-9-7-16-19-8-9/h3-5,7-8,15H,2,6H2,1H3,(H,17,18). The van der Waals surface area contributed by atoms with Crippen LogP contribution in [0.2, 0.25) is 0 Å². The van der Waals surface area contributed by atoms with Crippen molar-refractivity contribution < 1.29 is 13.7 Å². The lowest BCUT2D eigenvalue weighted by Gasteiger charge is -2.11. The molecule has 2 rings (SSSR count). The number of rotatable bonds is 5. The molecule has 1 aromatic heterocycles. The van der Waals surface area contributed by atoms with Gasteiger partial charge in [0.15, 0.2) is 0 Å². The Bertz CT molecular complexity index is 555. The maximum absolute atomic E-state index is 13.7. The third-order valence-electron chi connectivity index (χ3n) is 2.50. The number of amides is 1. The highest BCUT2D eigenvalue weighted by Gasteiger charge is 2.15. The summed E-state index contributed by atoms with van der Waals surface area (Å²) in [6.45, 7) is 2.55. The van der Waals surface area contributed by atoms with E-state index in [9.17, 15) is 9.18 Å². The number of nitrogens with zero attached hydrogens (tertiary/aromatic N) is 1. The van der Waals surface area contributed by atoms with Crippen molar-refractivity contribution in [2.24, 2.45) is 0 Å². The Labute approximate surface area is 109 Å². The predicted molar refractivity (Wildman–Crippen MR) is 69.6 cm³/mol. The fourth-order valence-corrected chi connectivity index (χ4v) is 1.61. The summed E-state index contributed by atoms with van der Waals surface area (Å²) in [5, 5.41) is 8.98. The molecule has 1 heterocycles. The second-order valence-electron chi connectivity index (χ2n) is 3.96. The molecular weight excluding hydrogens is 249 g/mol. The highest BCUT2D eigenvalue weighted by Crippen LogP contribution is 2.21. The van der Waals surface area contributed by atoms with E-state index in [0.717, 1.165) is 6.42 Å². The molecule has 0 saturated heterocycles. The first-order valence-corrected chi connectivity index (χ1v) is 5.95. The maximum atomic E-state index is 13.7. The Kier molecular flexibility index (Phi) is 4.12. The van der Waals surface area contributed by atoms with Crippen LogP contribution in [0.4, 0.5) is 15.8 Å². The number of carbonyl (C=O) groups excluding carboxylic acids is 1. The summed E-state index contributed by atoms with van der Waals surface area (Å²) < 4.78 is 18.4. The van der Waals surface area contributed by atoms with Gasteiger partial charge in [-0.15, -0.1) is 0 Å². The number of hydrogen-bond donors (Lipinski definition) is 2. The minimum Gasteiger partial charge on any atom is -0.382 e. The lowest BCUT2D eigenvalue weighted by atomic mass is 10.1. The van der Waals surface area contributed by atoms with E-state index in [-0.39, 0.29) is 11.3 Å². The molecular formula is C13H14FN3O2. The van der Waals surface area contributed by atoms with E-state index >= 15 is 0 Å². The molecule has 0 fully saturated rings. The predicted octanol–water partition coefficient (Wildman–Crippen LogP) is 2.89. The van der Waals surface area contributed by atoms with Gasteiger partial charge in [-0.3, -0.25) is 4.79 Å². The Morgan fingerprint density at radius 1 is 1.47 bits per heavy atom. The van der Waals surface area contributed by atoms with Gasteiger partial charge in [0.25, 0.3) is 5.91 Å². The van der Waals surface area contributed by atoms with E-state index in [2.05, 4.69) is 20.3 Å². The smallest absolute Gasteiger partial charge is 0.257 e. The fourth-order valence-electron chi connectivity index (χ4n) is 1.61. The normalized spacial score (nSPS) is 10.2. The summed E-state index contributed by atoms with van der Waals surface area (Å²) in [5.74, 6) is -0.868. The molecule has 0 spiro atoms. The summed E-state index contributed by atoms with van der Waals surface area (Å²) in [5.41, 5.74) is 0.878. The second-order valence-corrected chi connectivity index (χ2v) is 3.96. The zero-order valence-corrected chi connectivity index (χ0v) is 10.4. The largest absolute Gasteiger partial charge is 0.382 e. The first-order valence-electron chi connectivity index (χ1n) is 5.95. The highest BCUT2D eigenvalue weighted by molar-refractivity contribution is 6.07. The molecule has 6 heteroatoms. The van der Waals surface area contributed by atoms with Gasteiger partial charge in [0.05, 0.1) is 17.4 Å². The quantitative estimate of drug-likeness (QED) is 0.870. The van der Waals surface area contributed by atoms with Gasteiger partial charge in [-0.05, 0) is 18.6 Å². The van der Waals surface area contributed by atoms with Gasteiger partial charge in [-0.2, -0.15) is 0 Å². The number of anilines is 2. The molecule has 2 aromatic rings.